The Morgan fingerprint density at radius 1 is 1.17 bits per heavy atom. The van der Waals surface area contributed by atoms with Gasteiger partial charge in [-0.3, -0.25) is 15.0 Å². The van der Waals surface area contributed by atoms with Gasteiger partial charge in [-0.15, -0.1) is 0 Å². The van der Waals surface area contributed by atoms with E-state index in [9.17, 15) is 4.39 Å². The number of pyridine rings is 2. The third-order valence-electron chi connectivity index (χ3n) is 5.17. The molecule has 0 bridgehead atoms. The molecule has 2 aromatic rings. The van der Waals surface area contributed by atoms with Crippen LogP contribution in [0.25, 0.3) is 5.70 Å². The summed E-state index contributed by atoms with van der Waals surface area (Å²) in [4.78, 5) is 12.5. The number of hydrogen-bond donors (Lipinski definition) is 0. The fourth-order valence-electron chi connectivity index (χ4n) is 3.48. The van der Waals surface area contributed by atoms with Gasteiger partial charge in [-0.05, 0) is 30.3 Å². The van der Waals surface area contributed by atoms with Crippen molar-refractivity contribution in [2.24, 2.45) is 16.0 Å². The molecule has 0 amide bonds. The molecule has 0 radical (unpaired) electrons. The molecule has 0 aliphatic carbocycles. The van der Waals surface area contributed by atoms with E-state index >= 15 is 0 Å². The van der Waals surface area contributed by atoms with Gasteiger partial charge in [0.05, 0.1) is 23.4 Å². The van der Waals surface area contributed by atoms with Crippen molar-refractivity contribution >= 4 is 25.7 Å². The highest BCUT2D eigenvalue weighted by Gasteiger charge is 2.38. The van der Waals surface area contributed by atoms with Crippen LogP contribution in [0.1, 0.15) is 11.1 Å². The molecule has 30 heavy (non-hydrogen) atoms. The Morgan fingerprint density at radius 3 is 2.77 bits per heavy atom. The average Bonchev–Trinajstić information content (AvgIpc) is 3.09. The van der Waals surface area contributed by atoms with Gasteiger partial charge in [-0.25, -0.2) is 4.98 Å². The van der Waals surface area contributed by atoms with Crippen molar-refractivity contribution in [2.45, 2.75) is 31.7 Å². The third kappa shape index (κ3) is 4.71. The lowest BCUT2D eigenvalue weighted by molar-refractivity contribution is 0.0307. The molecule has 0 saturated heterocycles. The van der Waals surface area contributed by atoms with E-state index in [0.29, 0.717) is 13.3 Å². The molecular weight excluding hydrogens is 397 g/mol. The number of fused-ring (bicyclic) bond motifs is 1. The summed E-state index contributed by atoms with van der Waals surface area (Å²) in [6.45, 7) is 8.08. The van der Waals surface area contributed by atoms with Crippen LogP contribution in [0.3, 0.4) is 0 Å². The molecule has 2 aliphatic rings. The number of aliphatic imine (C=N–C) groups is 1. The summed E-state index contributed by atoms with van der Waals surface area (Å²) < 4.78 is 19.7. The Labute approximate surface area is 177 Å². The van der Waals surface area contributed by atoms with Crippen LogP contribution >= 0.6 is 0 Å². The highest BCUT2D eigenvalue weighted by atomic mass is 28.3. The number of nitrogens with zero attached hydrogens (tertiary/aromatic N) is 5. The maximum absolute atomic E-state index is 13.8. The van der Waals surface area contributed by atoms with Crippen LogP contribution in [-0.4, -0.2) is 54.4 Å². The predicted octanol–water partition coefficient (Wildman–Crippen LogP) is 4.06. The Bertz CT molecular complexity index is 987. The fourth-order valence-corrected chi connectivity index (χ4v) is 4.24. The van der Waals surface area contributed by atoms with E-state index in [2.05, 4.69) is 40.7 Å². The van der Waals surface area contributed by atoms with Crippen molar-refractivity contribution in [3.05, 3.63) is 66.0 Å². The summed E-state index contributed by atoms with van der Waals surface area (Å²) in [5.74, 6) is -0.572. The molecule has 2 atom stereocenters. The van der Waals surface area contributed by atoms with E-state index in [1.807, 2.05) is 23.4 Å². The highest BCUT2D eigenvalue weighted by molar-refractivity contribution is 6.76. The summed E-state index contributed by atoms with van der Waals surface area (Å²) in [6.07, 6.45) is 8.99. The normalized spacial score (nSPS) is 20.7. The van der Waals surface area contributed by atoms with Crippen molar-refractivity contribution < 1.29 is 9.13 Å². The van der Waals surface area contributed by atoms with Crippen molar-refractivity contribution in [1.29, 1.82) is 0 Å². The van der Waals surface area contributed by atoms with Crippen LogP contribution in [0.4, 0.5) is 4.39 Å². The Kier molecular flexibility index (Phi) is 5.87. The number of rotatable bonds is 7. The van der Waals surface area contributed by atoms with E-state index < -0.39 is 14.0 Å². The van der Waals surface area contributed by atoms with Crippen LogP contribution in [0.15, 0.2) is 59.0 Å². The molecule has 4 heterocycles. The molecule has 0 aromatic carbocycles. The molecule has 6 nitrogen and oxygen atoms in total. The van der Waals surface area contributed by atoms with Crippen LogP contribution in [-0.2, 0) is 4.74 Å². The minimum absolute atomic E-state index is 0.0555. The van der Waals surface area contributed by atoms with E-state index in [1.54, 1.807) is 18.5 Å². The lowest BCUT2D eigenvalue weighted by Crippen LogP contribution is -2.37. The average molecular weight is 424 g/mol. The summed E-state index contributed by atoms with van der Waals surface area (Å²) in [5.41, 5.74) is 3.30. The standard InChI is InChI=1S/C22H26FN5OSi/c1-30(2,3)10-9-29-15-28-20-14-26-19(17-5-4-7-24-13-17)12-18(20)22(27-28)16-6-8-25-21(23)11-16/h4-8,11-14,18,20H,9-10,15H2,1-3H3. The topological polar surface area (TPSA) is 63.0 Å². The minimum atomic E-state index is -1.16. The number of aromatic nitrogens is 2. The van der Waals surface area contributed by atoms with Gasteiger partial charge in [-0.1, -0.05) is 19.6 Å². The van der Waals surface area contributed by atoms with Gasteiger partial charge in [-0.2, -0.15) is 9.49 Å². The second-order valence-electron chi connectivity index (χ2n) is 8.73. The Morgan fingerprint density at radius 2 is 2.03 bits per heavy atom. The third-order valence-corrected chi connectivity index (χ3v) is 6.87. The van der Waals surface area contributed by atoms with Crippen molar-refractivity contribution in [1.82, 2.24) is 15.0 Å². The lowest BCUT2D eigenvalue weighted by Gasteiger charge is -2.26. The van der Waals surface area contributed by atoms with Gasteiger partial charge in [0.1, 0.15) is 6.73 Å². The van der Waals surface area contributed by atoms with Crippen molar-refractivity contribution in [3.63, 3.8) is 0 Å². The van der Waals surface area contributed by atoms with E-state index in [4.69, 9.17) is 9.84 Å². The van der Waals surface area contributed by atoms with Gasteiger partial charge < -0.3 is 4.74 Å². The molecular formula is C22H26FN5OSi. The zero-order valence-corrected chi connectivity index (χ0v) is 18.5. The van der Waals surface area contributed by atoms with E-state index in [-0.39, 0.29) is 12.0 Å². The van der Waals surface area contributed by atoms with Gasteiger partial charge in [0.2, 0.25) is 5.95 Å². The SMILES string of the molecule is C[Si](C)(C)CCOCN1N=C(c2ccnc(F)c2)C2C=C(c3cccnc3)N=CC21. The zero-order valence-electron chi connectivity index (χ0n) is 17.5. The largest absolute Gasteiger partial charge is 0.360 e. The number of ether oxygens (including phenoxy) is 1. The fraction of sp³-hybridized carbons (Fsp3) is 0.364. The lowest BCUT2D eigenvalue weighted by atomic mass is 9.89. The molecule has 156 valence electrons. The maximum atomic E-state index is 13.8. The molecule has 0 fully saturated rings. The molecule has 0 N–H and O–H groups in total. The van der Waals surface area contributed by atoms with Gasteiger partial charge in [0.25, 0.3) is 0 Å². The van der Waals surface area contributed by atoms with Crippen LogP contribution < -0.4 is 0 Å². The van der Waals surface area contributed by atoms with E-state index in [0.717, 1.165) is 28.6 Å². The highest BCUT2D eigenvalue weighted by Crippen LogP contribution is 2.32. The van der Waals surface area contributed by atoms with Crippen LogP contribution in [0.5, 0.6) is 0 Å². The van der Waals surface area contributed by atoms with Crippen LogP contribution in [0, 0.1) is 11.9 Å². The number of hydrogen-bond acceptors (Lipinski definition) is 6. The first-order chi connectivity index (χ1) is 14.4. The molecule has 2 unspecified atom stereocenters. The Hall–Kier alpha value is -2.71. The molecule has 2 aromatic heterocycles. The zero-order chi connectivity index (χ0) is 21.1. The van der Waals surface area contributed by atoms with E-state index in [1.165, 1.54) is 12.3 Å². The molecule has 2 aliphatic heterocycles. The first kappa shape index (κ1) is 20.6. The smallest absolute Gasteiger partial charge is 0.213 e. The van der Waals surface area contributed by atoms with Gasteiger partial charge in [0.15, 0.2) is 0 Å². The van der Waals surface area contributed by atoms with Crippen LogP contribution in [0.2, 0.25) is 25.7 Å². The van der Waals surface area contributed by atoms with Crippen molar-refractivity contribution in [2.75, 3.05) is 13.3 Å². The predicted molar refractivity (Wildman–Crippen MR) is 120 cm³/mol. The first-order valence-corrected chi connectivity index (χ1v) is 13.8. The second-order valence-corrected chi connectivity index (χ2v) is 14.3. The summed E-state index contributed by atoms with van der Waals surface area (Å²) in [7, 11) is -1.16. The number of halogens is 1. The van der Waals surface area contributed by atoms with Crippen molar-refractivity contribution in [3.8, 4) is 0 Å². The van der Waals surface area contributed by atoms with Gasteiger partial charge in [0, 0.05) is 56.7 Å². The van der Waals surface area contributed by atoms with Gasteiger partial charge >= 0.3 is 0 Å². The Balaban J connectivity index is 1.59. The summed E-state index contributed by atoms with van der Waals surface area (Å²) in [6, 6.07) is 8.11. The molecule has 0 spiro atoms. The number of hydrazone groups is 1. The second kappa shape index (κ2) is 8.57. The first-order valence-electron chi connectivity index (χ1n) is 10.1. The molecule has 4 rings (SSSR count). The minimum Gasteiger partial charge on any atom is -0.360 e. The summed E-state index contributed by atoms with van der Waals surface area (Å²) in [5, 5.41) is 6.70. The molecule has 8 heteroatoms. The maximum Gasteiger partial charge on any atom is 0.213 e. The molecule has 0 saturated carbocycles. The quantitative estimate of drug-likeness (QED) is 0.383. The monoisotopic (exact) mass is 423 g/mol. The summed E-state index contributed by atoms with van der Waals surface area (Å²) >= 11 is 0.